The summed E-state index contributed by atoms with van der Waals surface area (Å²) in [4.78, 5) is 27.2. The topological polar surface area (TPSA) is 86.8 Å². The number of carbonyl (C=O) groups excluding carboxylic acids is 2. The van der Waals surface area contributed by atoms with E-state index in [0.717, 1.165) is 39.7 Å². The van der Waals surface area contributed by atoms with Crippen molar-refractivity contribution in [1.29, 1.82) is 0 Å². The number of rotatable bonds is 9. The molecule has 1 atom stereocenters. The fraction of sp³-hybridized carbons (Fsp3) is 0.231. The summed E-state index contributed by atoms with van der Waals surface area (Å²) in [5.74, 6) is -1.51. The van der Waals surface area contributed by atoms with Gasteiger partial charge in [-0.1, -0.05) is 48.0 Å². The summed E-state index contributed by atoms with van der Waals surface area (Å²) in [5, 5.41) is 2.54. The smallest absolute Gasteiger partial charge is 0.264 e. The van der Waals surface area contributed by atoms with Crippen LogP contribution < -0.4 is 9.62 Å². The van der Waals surface area contributed by atoms with Gasteiger partial charge in [-0.25, -0.2) is 12.8 Å². The van der Waals surface area contributed by atoms with Crippen LogP contribution in [0.2, 0.25) is 0 Å². The Bertz CT molecular complexity index is 1260. The molecule has 35 heavy (non-hydrogen) atoms. The molecule has 0 radical (unpaired) electrons. The van der Waals surface area contributed by atoms with Crippen LogP contribution in [0, 0.1) is 12.7 Å². The number of carbonyl (C=O) groups is 2. The molecule has 0 saturated heterocycles. The summed E-state index contributed by atoms with van der Waals surface area (Å²) >= 11 is 0. The highest BCUT2D eigenvalue weighted by Gasteiger charge is 2.32. The van der Waals surface area contributed by atoms with Gasteiger partial charge < -0.3 is 10.2 Å². The van der Waals surface area contributed by atoms with Crippen LogP contribution in [0.1, 0.15) is 18.1 Å². The van der Waals surface area contributed by atoms with E-state index in [1.165, 1.54) is 11.9 Å². The van der Waals surface area contributed by atoms with Gasteiger partial charge in [0.05, 0.1) is 10.6 Å². The molecular weight excluding hydrogens is 469 g/mol. The Morgan fingerprint density at radius 2 is 1.54 bits per heavy atom. The first-order chi connectivity index (χ1) is 16.6. The van der Waals surface area contributed by atoms with Crippen molar-refractivity contribution in [2.75, 3.05) is 17.9 Å². The average Bonchev–Trinajstić information content (AvgIpc) is 2.86. The second-order valence-corrected chi connectivity index (χ2v) is 9.96. The van der Waals surface area contributed by atoms with Crippen molar-refractivity contribution >= 4 is 27.5 Å². The van der Waals surface area contributed by atoms with Gasteiger partial charge in [0, 0.05) is 13.6 Å². The minimum atomic E-state index is -4.22. The minimum Gasteiger partial charge on any atom is -0.357 e. The lowest BCUT2D eigenvalue weighted by molar-refractivity contribution is -0.139. The number of hydrogen-bond acceptors (Lipinski definition) is 4. The van der Waals surface area contributed by atoms with Gasteiger partial charge in [0.2, 0.25) is 11.8 Å². The van der Waals surface area contributed by atoms with Gasteiger partial charge in [0.15, 0.2) is 0 Å². The molecule has 3 rings (SSSR count). The van der Waals surface area contributed by atoms with Crippen LogP contribution in [0.5, 0.6) is 0 Å². The summed E-state index contributed by atoms with van der Waals surface area (Å²) in [5.41, 5.74) is 1.98. The molecular formula is C26H28FN3O4S. The maximum absolute atomic E-state index is 13.6. The van der Waals surface area contributed by atoms with Crippen LogP contribution in [0.4, 0.5) is 10.1 Å². The summed E-state index contributed by atoms with van der Waals surface area (Å²) < 4.78 is 41.6. The van der Waals surface area contributed by atoms with Crippen LogP contribution in [-0.4, -0.2) is 44.8 Å². The van der Waals surface area contributed by atoms with Crippen molar-refractivity contribution < 1.29 is 22.4 Å². The first kappa shape index (κ1) is 25.9. The van der Waals surface area contributed by atoms with Crippen LogP contribution in [0.3, 0.4) is 0 Å². The summed E-state index contributed by atoms with van der Waals surface area (Å²) in [6.45, 7) is 3.02. The molecule has 0 unspecified atom stereocenters. The third kappa shape index (κ3) is 6.24. The van der Waals surface area contributed by atoms with Gasteiger partial charge in [-0.2, -0.15) is 0 Å². The highest BCUT2D eigenvalue weighted by Crippen LogP contribution is 2.25. The molecule has 184 valence electrons. The zero-order valence-corrected chi connectivity index (χ0v) is 20.6. The Kier molecular flexibility index (Phi) is 8.24. The maximum atomic E-state index is 13.6. The maximum Gasteiger partial charge on any atom is 0.264 e. The fourth-order valence-electron chi connectivity index (χ4n) is 3.55. The van der Waals surface area contributed by atoms with Crippen molar-refractivity contribution in [1.82, 2.24) is 10.2 Å². The summed E-state index contributed by atoms with van der Waals surface area (Å²) in [6.07, 6.45) is 0. The predicted molar refractivity (Wildman–Crippen MR) is 133 cm³/mol. The molecule has 0 heterocycles. The van der Waals surface area contributed by atoms with E-state index in [2.05, 4.69) is 5.32 Å². The van der Waals surface area contributed by atoms with Gasteiger partial charge in [0.1, 0.15) is 18.4 Å². The number of aryl methyl sites for hydroxylation is 1. The van der Waals surface area contributed by atoms with E-state index in [9.17, 15) is 22.4 Å². The molecule has 2 amide bonds. The summed E-state index contributed by atoms with van der Waals surface area (Å²) in [7, 11) is -2.74. The van der Waals surface area contributed by atoms with E-state index in [4.69, 9.17) is 0 Å². The van der Waals surface area contributed by atoms with Gasteiger partial charge >= 0.3 is 0 Å². The number of halogens is 1. The standard InChI is InChI=1S/C26H28FN3O4S/c1-19-9-13-23(14-10-19)30(35(33,34)24-15-11-22(27)12-16-24)18-25(31)29(20(2)26(32)28-3)17-21-7-5-4-6-8-21/h4-16,20H,17-18H2,1-3H3,(H,28,32)/t20-/m0/s1. The second-order valence-electron chi connectivity index (χ2n) is 8.10. The SMILES string of the molecule is CNC(=O)[C@H](C)N(Cc1ccccc1)C(=O)CN(c1ccc(C)cc1)S(=O)(=O)c1ccc(F)cc1. The molecule has 0 aliphatic rings. The number of likely N-dealkylation sites (N-methyl/N-ethyl adjacent to an activating group) is 1. The lowest BCUT2D eigenvalue weighted by Crippen LogP contribution is -2.50. The van der Waals surface area contributed by atoms with Crippen molar-refractivity contribution in [2.24, 2.45) is 0 Å². The normalized spacial score (nSPS) is 12.0. The molecule has 0 bridgehead atoms. The van der Waals surface area contributed by atoms with Crippen molar-refractivity contribution in [3.8, 4) is 0 Å². The van der Waals surface area contributed by atoms with Crippen LogP contribution in [-0.2, 0) is 26.2 Å². The minimum absolute atomic E-state index is 0.118. The van der Waals surface area contributed by atoms with Gasteiger partial charge in [-0.05, 0) is 55.8 Å². The number of sulfonamides is 1. The molecule has 3 aromatic rings. The van der Waals surface area contributed by atoms with E-state index in [1.54, 1.807) is 31.2 Å². The van der Waals surface area contributed by atoms with E-state index >= 15 is 0 Å². The second kappa shape index (κ2) is 11.1. The van der Waals surface area contributed by atoms with Gasteiger partial charge in [-0.15, -0.1) is 0 Å². The van der Waals surface area contributed by atoms with E-state index in [1.807, 2.05) is 37.3 Å². The number of nitrogens with zero attached hydrogens (tertiary/aromatic N) is 2. The number of benzene rings is 3. The Hall–Kier alpha value is -3.72. The van der Waals surface area contributed by atoms with Crippen LogP contribution in [0.15, 0.2) is 83.8 Å². The average molecular weight is 498 g/mol. The largest absolute Gasteiger partial charge is 0.357 e. The third-order valence-corrected chi connectivity index (χ3v) is 7.40. The Balaban J connectivity index is 2.01. The Morgan fingerprint density at radius 1 is 0.943 bits per heavy atom. The lowest BCUT2D eigenvalue weighted by atomic mass is 10.1. The quantitative estimate of drug-likeness (QED) is 0.490. The monoisotopic (exact) mass is 497 g/mol. The number of hydrogen-bond donors (Lipinski definition) is 1. The molecule has 0 spiro atoms. The number of anilines is 1. The number of amides is 2. The Labute approximate surface area is 205 Å². The third-order valence-electron chi connectivity index (χ3n) is 5.61. The molecule has 0 aliphatic heterocycles. The highest BCUT2D eigenvalue weighted by molar-refractivity contribution is 7.92. The van der Waals surface area contributed by atoms with E-state index in [-0.39, 0.29) is 23.0 Å². The summed E-state index contributed by atoms with van der Waals surface area (Å²) in [6, 6.07) is 19.4. The zero-order chi connectivity index (χ0) is 25.6. The Morgan fingerprint density at radius 3 is 2.11 bits per heavy atom. The lowest BCUT2D eigenvalue weighted by Gasteiger charge is -2.31. The molecule has 0 fully saturated rings. The van der Waals surface area contributed by atoms with Gasteiger partial charge in [0.25, 0.3) is 10.0 Å². The molecule has 9 heteroatoms. The zero-order valence-electron chi connectivity index (χ0n) is 19.8. The van der Waals surface area contributed by atoms with Crippen LogP contribution in [0.25, 0.3) is 0 Å². The molecule has 0 aliphatic carbocycles. The molecule has 0 saturated carbocycles. The van der Waals surface area contributed by atoms with Crippen molar-refractivity contribution in [2.45, 2.75) is 31.3 Å². The van der Waals surface area contributed by atoms with E-state index in [0.29, 0.717) is 0 Å². The molecule has 1 N–H and O–H groups in total. The molecule has 3 aromatic carbocycles. The van der Waals surface area contributed by atoms with Gasteiger partial charge in [-0.3, -0.25) is 13.9 Å². The number of nitrogens with one attached hydrogen (secondary N) is 1. The first-order valence-corrected chi connectivity index (χ1v) is 12.5. The van der Waals surface area contributed by atoms with Crippen molar-refractivity contribution in [3.63, 3.8) is 0 Å². The van der Waals surface area contributed by atoms with E-state index < -0.39 is 34.3 Å². The molecule has 0 aromatic heterocycles. The fourth-order valence-corrected chi connectivity index (χ4v) is 4.96. The molecule has 7 nitrogen and oxygen atoms in total. The van der Waals surface area contributed by atoms with Crippen LogP contribution >= 0.6 is 0 Å². The highest BCUT2D eigenvalue weighted by atomic mass is 32.2. The predicted octanol–water partition coefficient (Wildman–Crippen LogP) is 3.49. The van der Waals surface area contributed by atoms with Crippen molar-refractivity contribution in [3.05, 3.63) is 95.8 Å². The first-order valence-electron chi connectivity index (χ1n) is 11.0.